The van der Waals surface area contributed by atoms with E-state index in [1.807, 2.05) is 73.1 Å². The molecule has 196 valence electrons. The summed E-state index contributed by atoms with van der Waals surface area (Å²) in [6, 6.07) is 18.0. The van der Waals surface area contributed by atoms with E-state index in [1.165, 1.54) is 0 Å². The van der Waals surface area contributed by atoms with Gasteiger partial charge in [-0.05, 0) is 47.5 Å². The number of anilines is 1. The fourth-order valence-electron chi connectivity index (χ4n) is 4.78. The summed E-state index contributed by atoms with van der Waals surface area (Å²) >= 11 is 0. The van der Waals surface area contributed by atoms with Gasteiger partial charge in [0.05, 0.1) is 24.0 Å². The van der Waals surface area contributed by atoms with Gasteiger partial charge in [-0.25, -0.2) is 10.1 Å². The summed E-state index contributed by atoms with van der Waals surface area (Å²) in [6.07, 6.45) is 6.67. The molecule has 4 N–H and O–H groups in total. The lowest BCUT2D eigenvalue weighted by molar-refractivity contribution is -0.577. The Labute approximate surface area is 228 Å². The van der Waals surface area contributed by atoms with Crippen molar-refractivity contribution in [1.29, 1.82) is 0 Å². The molecule has 6 aromatic rings. The van der Waals surface area contributed by atoms with Gasteiger partial charge in [0.25, 0.3) is 11.5 Å². The molecule has 4 heterocycles. The van der Waals surface area contributed by atoms with Crippen LogP contribution in [0.25, 0.3) is 22.1 Å². The molecule has 0 aliphatic carbocycles. The SMILES string of the molecule is CC(NC(=O)c1c(N)[nH][n+]2cccnc12)c1cc2cccc(C#Cc3cncn3C)c2c(=O)n1-c1ccccc1. The zero-order valence-corrected chi connectivity index (χ0v) is 21.8. The minimum atomic E-state index is -0.563. The van der Waals surface area contributed by atoms with E-state index in [-0.39, 0.29) is 16.9 Å². The average Bonchev–Trinajstić information content (AvgIpc) is 3.53. The zero-order valence-electron chi connectivity index (χ0n) is 21.8. The van der Waals surface area contributed by atoms with Gasteiger partial charge >= 0.3 is 5.65 Å². The molecule has 10 nitrogen and oxygen atoms in total. The van der Waals surface area contributed by atoms with E-state index in [4.69, 9.17) is 5.73 Å². The molecule has 4 aromatic heterocycles. The van der Waals surface area contributed by atoms with E-state index in [2.05, 4.69) is 32.2 Å². The monoisotopic (exact) mass is 529 g/mol. The summed E-state index contributed by atoms with van der Waals surface area (Å²) in [5, 5.41) is 7.14. The van der Waals surface area contributed by atoms with Gasteiger partial charge in [-0.1, -0.05) is 36.3 Å². The molecule has 10 heteroatoms. The maximum atomic E-state index is 14.2. The molecular weight excluding hydrogens is 504 g/mol. The Morgan fingerprint density at radius 3 is 2.73 bits per heavy atom. The van der Waals surface area contributed by atoms with Gasteiger partial charge in [0, 0.05) is 30.1 Å². The number of aromatic nitrogens is 6. The van der Waals surface area contributed by atoms with Gasteiger partial charge in [-0.2, -0.15) is 0 Å². The third-order valence-electron chi connectivity index (χ3n) is 6.73. The molecule has 0 saturated carbocycles. The Balaban J connectivity index is 1.48. The highest BCUT2D eigenvalue weighted by Crippen LogP contribution is 2.24. The second kappa shape index (κ2) is 9.89. The first-order valence-electron chi connectivity index (χ1n) is 12.6. The van der Waals surface area contributed by atoms with Crippen LogP contribution in [0.1, 0.15) is 40.3 Å². The Bertz CT molecular complexity index is 2030. The Morgan fingerprint density at radius 1 is 1.12 bits per heavy atom. The molecular formula is C30H25N8O2+. The molecule has 0 bridgehead atoms. The number of amides is 1. The van der Waals surface area contributed by atoms with Gasteiger partial charge < -0.3 is 15.6 Å². The summed E-state index contributed by atoms with van der Waals surface area (Å²) in [5.74, 6) is 6.04. The first kappa shape index (κ1) is 24.6. The van der Waals surface area contributed by atoms with Crippen molar-refractivity contribution in [3.05, 3.63) is 118 Å². The van der Waals surface area contributed by atoms with Crippen molar-refractivity contribution in [2.24, 2.45) is 7.05 Å². The number of fused-ring (bicyclic) bond motifs is 2. The van der Waals surface area contributed by atoms with Crippen molar-refractivity contribution >= 4 is 28.1 Å². The molecule has 1 unspecified atom stereocenters. The minimum absolute atomic E-state index is 0.194. The zero-order chi connectivity index (χ0) is 27.8. The molecule has 0 fully saturated rings. The van der Waals surface area contributed by atoms with Crippen LogP contribution in [0.15, 0.2) is 90.4 Å². The van der Waals surface area contributed by atoms with Crippen molar-refractivity contribution in [3.63, 3.8) is 0 Å². The summed E-state index contributed by atoms with van der Waals surface area (Å²) < 4.78 is 5.02. The smallest absolute Gasteiger partial charge is 0.362 e. The van der Waals surface area contributed by atoms with E-state index in [9.17, 15) is 9.59 Å². The Morgan fingerprint density at radius 2 is 1.95 bits per heavy atom. The van der Waals surface area contributed by atoms with E-state index in [1.54, 1.807) is 40.1 Å². The van der Waals surface area contributed by atoms with Crippen molar-refractivity contribution in [2.75, 3.05) is 5.73 Å². The number of para-hydroxylation sites is 1. The number of carbonyl (C=O) groups is 1. The number of nitrogens with one attached hydrogen (secondary N) is 2. The first-order chi connectivity index (χ1) is 19.4. The fourth-order valence-corrected chi connectivity index (χ4v) is 4.78. The summed E-state index contributed by atoms with van der Waals surface area (Å²) in [6.45, 7) is 1.83. The molecule has 6 rings (SSSR count). The summed E-state index contributed by atoms with van der Waals surface area (Å²) in [7, 11) is 1.86. The van der Waals surface area contributed by atoms with Crippen LogP contribution < -0.4 is 21.1 Å². The van der Waals surface area contributed by atoms with Crippen molar-refractivity contribution in [3.8, 4) is 17.5 Å². The number of nitrogens with two attached hydrogens (primary N) is 1. The van der Waals surface area contributed by atoms with Gasteiger partial charge in [-0.15, -0.1) is 4.52 Å². The van der Waals surface area contributed by atoms with Crippen molar-refractivity contribution in [1.82, 2.24) is 29.5 Å². The number of H-pyrrole nitrogens is 1. The van der Waals surface area contributed by atoms with Crippen LogP contribution in [0, 0.1) is 11.8 Å². The third kappa shape index (κ3) is 4.25. The van der Waals surface area contributed by atoms with Crippen LogP contribution >= 0.6 is 0 Å². The largest absolute Gasteiger partial charge is 0.382 e. The molecule has 0 saturated heterocycles. The van der Waals surface area contributed by atoms with Crippen LogP contribution in [0.2, 0.25) is 0 Å². The number of imidazole rings is 1. The lowest BCUT2D eigenvalue weighted by Crippen LogP contribution is -2.33. The van der Waals surface area contributed by atoms with Gasteiger partial charge in [0.2, 0.25) is 0 Å². The van der Waals surface area contributed by atoms with E-state index in [0.29, 0.717) is 33.4 Å². The lowest BCUT2D eigenvalue weighted by atomic mass is 10.0. The minimum Gasteiger partial charge on any atom is -0.382 e. The number of nitrogen functional groups attached to an aromatic ring is 1. The van der Waals surface area contributed by atoms with E-state index in [0.717, 1.165) is 5.69 Å². The normalized spacial score (nSPS) is 11.8. The van der Waals surface area contributed by atoms with Crippen LogP contribution in [-0.4, -0.2) is 30.1 Å². The van der Waals surface area contributed by atoms with Gasteiger partial charge in [0.1, 0.15) is 18.1 Å². The summed E-state index contributed by atoms with van der Waals surface area (Å²) in [5.41, 5.74) is 9.14. The number of rotatable bonds is 4. The molecule has 0 aliphatic rings. The maximum Gasteiger partial charge on any atom is 0.362 e. The predicted octanol–water partition coefficient (Wildman–Crippen LogP) is 2.66. The van der Waals surface area contributed by atoms with Gasteiger partial charge in [0.15, 0.2) is 11.4 Å². The second-order valence-corrected chi connectivity index (χ2v) is 9.36. The first-order valence-corrected chi connectivity index (χ1v) is 12.6. The number of pyridine rings is 1. The fraction of sp³-hybridized carbons (Fsp3) is 0.100. The highest BCUT2D eigenvalue weighted by molar-refractivity contribution is 6.03. The average molecular weight is 530 g/mol. The number of aryl methyl sites for hydroxylation is 1. The number of aromatic amines is 1. The second-order valence-electron chi connectivity index (χ2n) is 9.36. The maximum absolute atomic E-state index is 14.2. The van der Waals surface area contributed by atoms with Crippen LogP contribution in [-0.2, 0) is 7.05 Å². The highest BCUT2D eigenvalue weighted by Gasteiger charge is 2.27. The Kier molecular flexibility index (Phi) is 6.09. The molecule has 0 spiro atoms. The number of hydrogen-bond acceptors (Lipinski definition) is 5. The van der Waals surface area contributed by atoms with E-state index < -0.39 is 11.9 Å². The standard InChI is InChI=1S/C30H24N8O2/c1-19(34-29(39)26-27(31)35-37-15-7-14-33-28(26)37)24-16-21-9-6-8-20(12-13-23-17-32-18-36(23)2)25(21)30(40)38(24)22-10-4-3-5-11-22/h3-11,14-19H,1-2H3,(H3,31,34,35,39)/p+1. The molecule has 1 amide bonds. The molecule has 0 aliphatic heterocycles. The van der Waals surface area contributed by atoms with Crippen molar-refractivity contribution in [2.45, 2.75) is 13.0 Å². The van der Waals surface area contributed by atoms with Crippen LogP contribution in [0.3, 0.4) is 0 Å². The molecule has 0 radical (unpaired) electrons. The highest BCUT2D eigenvalue weighted by atomic mass is 16.2. The van der Waals surface area contributed by atoms with E-state index >= 15 is 0 Å². The molecule has 2 aromatic carbocycles. The summed E-state index contributed by atoms with van der Waals surface area (Å²) in [4.78, 5) is 36.0. The van der Waals surface area contributed by atoms with Crippen LogP contribution in [0.4, 0.5) is 5.82 Å². The predicted molar refractivity (Wildman–Crippen MR) is 151 cm³/mol. The van der Waals surface area contributed by atoms with Crippen LogP contribution in [0.5, 0.6) is 0 Å². The number of carbonyl (C=O) groups excluding carboxylic acids is 1. The van der Waals surface area contributed by atoms with Crippen molar-refractivity contribution < 1.29 is 9.31 Å². The quantitative estimate of drug-likeness (QED) is 0.239. The third-order valence-corrected chi connectivity index (χ3v) is 6.73. The molecule has 40 heavy (non-hydrogen) atoms. The van der Waals surface area contributed by atoms with Gasteiger partial charge in [-0.3, -0.25) is 14.2 Å². The number of hydrogen-bond donors (Lipinski definition) is 3. The molecule has 1 atom stereocenters. The lowest BCUT2D eigenvalue weighted by Gasteiger charge is -2.21. The topological polar surface area (TPSA) is 128 Å². The number of nitrogens with zero attached hydrogens (tertiary/aromatic N) is 5. The Hall–Kier alpha value is -5.69. The number of benzene rings is 2.